The molecule has 3 rings (SSSR count). The Morgan fingerprint density at radius 1 is 1.16 bits per heavy atom. The monoisotopic (exact) mass is 336 g/mol. The summed E-state index contributed by atoms with van der Waals surface area (Å²) in [5.74, 6) is -0.0712. The summed E-state index contributed by atoms with van der Waals surface area (Å²) in [6.45, 7) is 4.76. The Morgan fingerprint density at radius 2 is 1.88 bits per heavy atom. The molecule has 25 heavy (non-hydrogen) atoms. The van der Waals surface area contributed by atoms with Crippen molar-refractivity contribution in [3.05, 3.63) is 59.9 Å². The zero-order chi connectivity index (χ0) is 18.0. The minimum Gasteiger partial charge on any atom is -0.378 e. The molecule has 0 saturated heterocycles. The lowest BCUT2D eigenvalue weighted by Crippen LogP contribution is -2.22. The van der Waals surface area contributed by atoms with Gasteiger partial charge in [0, 0.05) is 37.9 Å². The molecular formula is C20H24N4O. The topological polar surface area (TPSA) is 50.2 Å². The normalized spacial score (nSPS) is 11.1. The molecule has 0 saturated carbocycles. The smallest absolute Gasteiger partial charge is 0.251 e. The Labute approximate surface area is 148 Å². The highest BCUT2D eigenvalue weighted by Crippen LogP contribution is 2.19. The zero-order valence-corrected chi connectivity index (χ0v) is 15.2. The first-order valence-corrected chi connectivity index (χ1v) is 8.47. The lowest BCUT2D eigenvalue weighted by Gasteiger charge is -2.12. The van der Waals surface area contributed by atoms with Gasteiger partial charge < -0.3 is 14.8 Å². The van der Waals surface area contributed by atoms with E-state index in [0.29, 0.717) is 18.2 Å². The van der Waals surface area contributed by atoms with Crippen molar-refractivity contribution in [3.63, 3.8) is 0 Å². The van der Waals surface area contributed by atoms with Crippen LogP contribution in [0.25, 0.3) is 11.0 Å². The number of fused-ring (bicyclic) bond motifs is 1. The summed E-state index contributed by atoms with van der Waals surface area (Å²) in [6, 6.07) is 14.1. The predicted molar refractivity (Wildman–Crippen MR) is 102 cm³/mol. The number of carbonyl (C=O) groups excluding carboxylic acids is 1. The van der Waals surface area contributed by atoms with Gasteiger partial charge in [-0.2, -0.15) is 0 Å². The average Bonchev–Trinajstić information content (AvgIpc) is 3.03. The molecule has 0 spiro atoms. The van der Waals surface area contributed by atoms with Crippen LogP contribution in [0.1, 0.15) is 35.8 Å². The van der Waals surface area contributed by atoms with Gasteiger partial charge in [0.25, 0.3) is 5.91 Å². The molecule has 0 aliphatic carbocycles. The van der Waals surface area contributed by atoms with Crippen LogP contribution in [0.2, 0.25) is 0 Å². The molecule has 1 N–H and O–H groups in total. The maximum atomic E-state index is 12.3. The highest BCUT2D eigenvalue weighted by Gasteiger charge is 2.08. The van der Waals surface area contributed by atoms with Crippen molar-refractivity contribution in [1.29, 1.82) is 0 Å². The minimum absolute atomic E-state index is 0.0712. The standard InChI is InChI=1S/C20H24N4O/c1-14(2)24-13-22-18-11-15(5-10-19(18)24)12-21-20(25)16-6-8-17(9-7-16)23(3)4/h5-11,13-14H,12H2,1-4H3,(H,21,25). The van der Waals surface area contributed by atoms with Crippen LogP contribution in [-0.4, -0.2) is 29.6 Å². The number of carbonyl (C=O) groups is 1. The van der Waals surface area contributed by atoms with Crippen LogP contribution in [-0.2, 0) is 6.54 Å². The lowest BCUT2D eigenvalue weighted by atomic mass is 10.1. The second-order valence-corrected chi connectivity index (χ2v) is 6.69. The first-order chi connectivity index (χ1) is 12.0. The van der Waals surface area contributed by atoms with Crippen molar-refractivity contribution in [1.82, 2.24) is 14.9 Å². The van der Waals surface area contributed by atoms with Gasteiger partial charge in [0.1, 0.15) is 0 Å². The van der Waals surface area contributed by atoms with E-state index in [9.17, 15) is 4.79 Å². The fraction of sp³-hybridized carbons (Fsp3) is 0.300. The van der Waals surface area contributed by atoms with Gasteiger partial charge in [0.2, 0.25) is 0 Å². The minimum atomic E-state index is -0.0712. The first-order valence-electron chi connectivity index (χ1n) is 8.47. The van der Waals surface area contributed by atoms with Gasteiger partial charge in [-0.05, 0) is 55.8 Å². The Balaban J connectivity index is 1.68. The number of benzene rings is 2. The highest BCUT2D eigenvalue weighted by molar-refractivity contribution is 5.94. The van der Waals surface area contributed by atoms with E-state index in [0.717, 1.165) is 22.3 Å². The molecule has 1 heterocycles. The molecule has 0 atom stereocenters. The number of aromatic nitrogens is 2. The number of nitrogens with zero attached hydrogens (tertiary/aromatic N) is 3. The summed E-state index contributed by atoms with van der Waals surface area (Å²) >= 11 is 0. The number of hydrogen-bond acceptors (Lipinski definition) is 3. The van der Waals surface area contributed by atoms with Crippen molar-refractivity contribution in [2.75, 3.05) is 19.0 Å². The van der Waals surface area contributed by atoms with Gasteiger partial charge in [0.05, 0.1) is 17.4 Å². The number of hydrogen-bond donors (Lipinski definition) is 1. The molecule has 0 fully saturated rings. The van der Waals surface area contributed by atoms with Gasteiger partial charge in [-0.15, -0.1) is 0 Å². The van der Waals surface area contributed by atoms with E-state index in [2.05, 4.69) is 34.8 Å². The van der Waals surface area contributed by atoms with Gasteiger partial charge in [0.15, 0.2) is 0 Å². The average molecular weight is 336 g/mol. The maximum Gasteiger partial charge on any atom is 0.251 e. The van der Waals surface area contributed by atoms with Gasteiger partial charge in [-0.25, -0.2) is 4.98 Å². The zero-order valence-electron chi connectivity index (χ0n) is 15.2. The van der Waals surface area contributed by atoms with Crippen LogP contribution in [0.15, 0.2) is 48.8 Å². The number of imidazole rings is 1. The van der Waals surface area contributed by atoms with Crippen LogP contribution in [0.3, 0.4) is 0 Å². The third-order valence-electron chi connectivity index (χ3n) is 4.29. The molecule has 2 aromatic carbocycles. The predicted octanol–water partition coefficient (Wildman–Crippen LogP) is 3.61. The summed E-state index contributed by atoms with van der Waals surface area (Å²) in [7, 11) is 3.96. The second-order valence-electron chi connectivity index (χ2n) is 6.69. The molecule has 0 bridgehead atoms. The molecule has 0 aliphatic rings. The summed E-state index contributed by atoms with van der Waals surface area (Å²) in [5, 5.41) is 2.97. The van der Waals surface area contributed by atoms with E-state index < -0.39 is 0 Å². The van der Waals surface area contributed by atoms with Crippen molar-refractivity contribution in [2.24, 2.45) is 0 Å². The van der Waals surface area contributed by atoms with Gasteiger partial charge in [-0.1, -0.05) is 6.07 Å². The van der Waals surface area contributed by atoms with Crippen LogP contribution >= 0.6 is 0 Å². The SMILES string of the molecule is CC(C)n1cnc2cc(CNC(=O)c3ccc(N(C)C)cc3)ccc21. The second kappa shape index (κ2) is 6.97. The summed E-state index contributed by atoms with van der Waals surface area (Å²) in [6.07, 6.45) is 1.87. The number of amides is 1. The van der Waals surface area contributed by atoms with E-state index in [-0.39, 0.29) is 5.91 Å². The fourth-order valence-corrected chi connectivity index (χ4v) is 2.79. The number of anilines is 1. The molecular weight excluding hydrogens is 312 g/mol. The summed E-state index contributed by atoms with van der Waals surface area (Å²) in [5.41, 5.74) is 4.85. The van der Waals surface area contributed by atoms with E-state index in [1.165, 1.54) is 0 Å². The van der Waals surface area contributed by atoms with Crippen LogP contribution in [0.4, 0.5) is 5.69 Å². The molecule has 0 unspecified atom stereocenters. The van der Waals surface area contributed by atoms with Crippen molar-refractivity contribution in [2.45, 2.75) is 26.4 Å². The Morgan fingerprint density at radius 3 is 2.52 bits per heavy atom. The maximum absolute atomic E-state index is 12.3. The third kappa shape index (κ3) is 3.65. The van der Waals surface area contributed by atoms with Crippen molar-refractivity contribution >= 4 is 22.6 Å². The quantitative estimate of drug-likeness (QED) is 0.774. The Hall–Kier alpha value is -2.82. The third-order valence-corrected chi connectivity index (χ3v) is 4.29. The van der Waals surface area contributed by atoms with E-state index in [1.807, 2.05) is 61.7 Å². The molecule has 130 valence electrons. The molecule has 5 nitrogen and oxygen atoms in total. The summed E-state index contributed by atoms with van der Waals surface area (Å²) < 4.78 is 2.14. The Kier molecular flexibility index (Phi) is 4.74. The molecule has 1 amide bonds. The summed E-state index contributed by atoms with van der Waals surface area (Å²) in [4.78, 5) is 18.8. The van der Waals surface area contributed by atoms with Crippen molar-refractivity contribution in [3.8, 4) is 0 Å². The fourth-order valence-electron chi connectivity index (χ4n) is 2.79. The van der Waals surface area contributed by atoms with Crippen LogP contribution < -0.4 is 10.2 Å². The molecule has 0 radical (unpaired) electrons. The molecule has 5 heteroatoms. The first kappa shape index (κ1) is 17.0. The van der Waals surface area contributed by atoms with Gasteiger partial charge in [-0.3, -0.25) is 4.79 Å². The van der Waals surface area contributed by atoms with E-state index in [1.54, 1.807) is 0 Å². The molecule has 1 aromatic heterocycles. The van der Waals surface area contributed by atoms with E-state index >= 15 is 0 Å². The van der Waals surface area contributed by atoms with Crippen LogP contribution in [0.5, 0.6) is 0 Å². The largest absolute Gasteiger partial charge is 0.378 e. The van der Waals surface area contributed by atoms with E-state index in [4.69, 9.17) is 0 Å². The number of rotatable bonds is 5. The molecule has 3 aromatic rings. The number of nitrogens with one attached hydrogen (secondary N) is 1. The molecule has 0 aliphatic heterocycles. The van der Waals surface area contributed by atoms with Gasteiger partial charge >= 0.3 is 0 Å². The Bertz CT molecular complexity index is 878. The highest BCUT2D eigenvalue weighted by atomic mass is 16.1. The van der Waals surface area contributed by atoms with Crippen LogP contribution in [0, 0.1) is 0 Å². The van der Waals surface area contributed by atoms with Crippen molar-refractivity contribution < 1.29 is 4.79 Å². The lowest BCUT2D eigenvalue weighted by molar-refractivity contribution is 0.0951.